The van der Waals surface area contributed by atoms with Gasteiger partial charge in [-0.05, 0) is 30.2 Å². The molecule has 0 heterocycles. The highest BCUT2D eigenvalue weighted by atomic mass is 16.4. The summed E-state index contributed by atoms with van der Waals surface area (Å²) in [5, 5.41) is 9.55. The average Bonchev–Trinajstić information content (AvgIpc) is 2.82. The maximum atomic E-state index is 11.6. The van der Waals surface area contributed by atoms with Crippen LogP contribution in [0.3, 0.4) is 0 Å². The standard InChI is InChI=1S/C16H18O2/c1-10-3-5-11(6-4-10)13-12-7-8-16(2,9-12)14(13)15(17)18/h3-8,12-14H,9H2,1-2H3,(H,17,18). The third kappa shape index (κ3) is 1.52. The van der Waals surface area contributed by atoms with Crippen LogP contribution in [0.15, 0.2) is 36.4 Å². The van der Waals surface area contributed by atoms with E-state index in [1.165, 1.54) is 11.1 Å². The molecule has 1 fully saturated rings. The van der Waals surface area contributed by atoms with Gasteiger partial charge in [0, 0.05) is 5.92 Å². The molecule has 2 nitrogen and oxygen atoms in total. The highest BCUT2D eigenvalue weighted by molar-refractivity contribution is 5.74. The zero-order chi connectivity index (χ0) is 12.9. The van der Waals surface area contributed by atoms with Crippen molar-refractivity contribution in [2.75, 3.05) is 0 Å². The fraction of sp³-hybridized carbons (Fsp3) is 0.438. The SMILES string of the molecule is Cc1ccc(C2C3C=CC(C)(C3)C2C(=O)O)cc1. The van der Waals surface area contributed by atoms with Gasteiger partial charge in [0.1, 0.15) is 0 Å². The fourth-order valence-corrected chi connectivity index (χ4v) is 3.79. The number of fused-ring (bicyclic) bond motifs is 2. The molecule has 0 aliphatic heterocycles. The number of aryl methyl sites for hydroxylation is 1. The molecule has 2 bridgehead atoms. The molecular formula is C16H18O2. The van der Waals surface area contributed by atoms with Crippen LogP contribution in [-0.2, 0) is 4.79 Å². The summed E-state index contributed by atoms with van der Waals surface area (Å²) in [6.07, 6.45) is 5.30. The largest absolute Gasteiger partial charge is 0.481 e. The van der Waals surface area contributed by atoms with Crippen molar-refractivity contribution >= 4 is 5.97 Å². The zero-order valence-corrected chi connectivity index (χ0v) is 10.8. The van der Waals surface area contributed by atoms with Crippen molar-refractivity contribution < 1.29 is 9.90 Å². The van der Waals surface area contributed by atoms with Crippen LogP contribution in [0.25, 0.3) is 0 Å². The normalized spacial score (nSPS) is 37.1. The lowest BCUT2D eigenvalue weighted by Crippen LogP contribution is -2.31. The molecule has 0 spiro atoms. The summed E-state index contributed by atoms with van der Waals surface area (Å²) < 4.78 is 0. The molecule has 0 aromatic heterocycles. The molecule has 1 aromatic rings. The lowest BCUT2D eigenvalue weighted by Gasteiger charge is -2.30. The maximum absolute atomic E-state index is 11.6. The molecule has 1 N–H and O–H groups in total. The van der Waals surface area contributed by atoms with Crippen molar-refractivity contribution in [1.82, 2.24) is 0 Å². The van der Waals surface area contributed by atoms with Gasteiger partial charge in [0.25, 0.3) is 0 Å². The van der Waals surface area contributed by atoms with Gasteiger partial charge in [-0.25, -0.2) is 0 Å². The molecular weight excluding hydrogens is 224 g/mol. The Morgan fingerprint density at radius 3 is 2.61 bits per heavy atom. The number of carboxylic acid groups (broad SMARTS) is 1. The van der Waals surface area contributed by atoms with E-state index in [0.29, 0.717) is 5.92 Å². The van der Waals surface area contributed by atoms with E-state index in [1.54, 1.807) is 0 Å². The average molecular weight is 242 g/mol. The van der Waals surface area contributed by atoms with E-state index in [2.05, 4.69) is 50.3 Å². The third-order valence-corrected chi connectivity index (χ3v) is 4.66. The molecule has 1 aromatic carbocycles. The van der Waals surface area contributed by atoms with Gasteiger partial charge in [0.05, 0.1) is 5.92 Å². The number of carboxylic acids is 1. The first-order valence-corrected chi connectivity index (χ1v) is 6.50. The number of aliphatic carboxylic acids is 1. The van der Waals surface area contributed by atoms with E-state index < -0.39 is 5.97 Å². The molecule has 4 unspecified atom stereocenters. The van der Waals surface area contributed by atoms with Crippen LogP contribution >= 0.6 is 0 Å². The molecule has 4 atom stereocenters. The Kier molecular flexibility index (Phi) is 2.37. The highest BCUT2D eigenvalue weighted by Gasteiger charge is 2.55. The van der Waals surface area contributed by atoms with Gasteiger partial charge in [0.2, 0.25) is 0 Å². The van der Waals surface area contributed by atoms with Gasteiger partial charge in [-0.15, -0.1) is 0 Å². The van der Waals surface area contributed by atoms with Crippen molar-refractivity contribution in [3.8, 4) is 0 Å². The van der Waals surface area contributed by atoms with Crippen LogP contribution in [0.4, 0.5) is 0 Å². The fourth-order valence-electron chi connectivity index (χ4n) is 3.79. The van der Waals surface area contributed by atoms with Crippen LogP contribution in [0, 0.1) is 24.2 Å². The van der Waals surface area contributed by atoms with Crippen LogP contribution in [0.1, 0.15) is 30.4 Å². The number of rotatable bonds is 2. The predicted molar refractivity (Wildman–Crippen MR) is 70.4 cm³/mol. The molecule has 0 saturated heterocycles. The molecule has 1 saturated carbocycles. The van der Waals surface area contributed by atoms with Crippen molar-refractivity contribution in [2.45, 2.75) is 26.2 Å². The van der Waals surface area contributed by atoms with Crippen molar-refractivity contribution in [1.29, 1.82) is 0 Å². The summed E-state index contributed by atoms with van der Waals surface area (Å²) in [5.74, 6) is -0.415. The van der Waals surface area contributed by atoms with Crippen LogP contribution in [-0.4, -0.2) is 11.1 Å². The first kappa shape index (κ1) is 11.5. The van der Waals surface area contributed by atoms with Crippen LogP contribution in [0.5, 0.6) is 0 Å². The Morgan fingerprint density at radius 2 is 2.00 bits per heavy atom. The second-order valence-electron chi connectivity index (χ2n) is 5.99. The van der Waals surface area contributed by atoms with Gasteiger partial charge < -0.3 is 5.11 Å². The Balaban J connectivity index is 2.03. The van der Waals surface area contributed by atoms with Crippen molar-refractivity contribution in [3.05, 3.63) is 47.5 Å². The molecule has 2 heteroatoms. The van der Waals surface area contributed by atoms with E-state index >= 15 is 0 Å². The summed E-state index contributed by atoms with van der Waals surface area (Å²) in [5.41, 5.74) is 2.23. The minimum Gasteiger partial charge on any atom is -0.481 e. The van der Waals surface area contributed by atoms with Gasteiger partial charge in [-0.2, -0.15) is 0 Å². The number of hydrogen-bond donors (Lipinski definition) is 1. The predicted octanol–water partition coefficient (Wildman–Crippen LogP) is 3.38. The summed E-state index contributed by atoms with van der Waals surface area (Å²) in [6.45, 7) is 4.14. The lowest BCUT2D eigenvalue weighted by molar-refractivity contribution is -0.144. The Bertz CT molecular complexity index is 514. The number of allylic oxidation sites excluding steroid dienone is 2. The summed E-state index contributed by atoms with van der Waals surface area (Å²) in [7, 11) is 0. The van der Waals surface area contributed by atoms with E-state index in [0.717, 1.165) is 6.42 Å². The van der Waals surface area contributed by atoms with Gasteiger partial charge in [-0.3, -0.25) is 4.79 Å². The van der Waals surface area contributed by atoms with Crippen LogP contribution in [0.2, 0.25) is 0 Å². The Labute approximate surface area is 107 Å². The van der Waals surface area contributed by atoms with Crippen LogP contribution < -0.4 is 0 Å². The molecule has 3 rings (SSSR count). The monoisotopic (exact) mass is 242 g/mol. The third-order valence-electron chi connectivity index (χ3n) is 4.66. The zero-order valence-electron chi connectivity index (χ0n) is 10.8. The number of carbonyl (C=O) groups is 1. The Morgan fingerprint density at radius 1 is 1.33 bits per heavy atom. The molecule has 2 aliphatic rings. The smallest absolute Gasteiger partial charge is 0.308 e. The van der Waals surface area contributed by atoms with E-state index in [4.69, 9.17) is 0 Å². The topological polar surface area (TPSA) is 37.3 Å². The summed E-state index contributed by atoms with van der Waals surface area (Å²) in [4.78, 5) is 11.6. The van der Waals surface area contributed by atoms with E-state index in [1.807, 2.05) is 0 Å². The number of benzene rings is 1. The molecule has 0 radical (unpaired) electrons. The molecule has 94 valence electrons. The lowest BCUT2D eigenvalue weighted by atomic mass is 9.72. The van der Waals surface area contributed by atoms with E-state index in [-0.39, 0.29) is 17.3 Å². The molecule has 2 aliphatic carbocycles. The second-order valence-corrected chi connectivity index (χ2v) is 5.99. The van der Waals surface area contributed by atoms with Gasteiger partial charge in [0.15, 0.2) is 0 Å². The van der Waals surface area contributed by atoms with Crippen molar-refractivity contribution in [2.24, 2.45) is 17.3 Å². The minimum atomic E-state index is -0.657. The molecule has 18 heavy (non-hydrogen) atoms. The van der Waals surface area contributed by atoms with Gasteiger partial charge in [-0.1, -0.05) is 48.9 Å². The Hall–Kier alpha value is -1.57. The summed E-state index contributed by atoms with van der Waals surface area (Å²) >= 11 is 0. The van der Waals surface area contributed by atoms with Gasteiger partial charge >= 0.3 is 5.97 Å². The minimum absolute atomic E-state index is 0.137. The first-order chi connectivity index (χ1) is 8.51. The maximum Gasteiger partial charge on any atom is 0.308 e. The second kappa shape index (κ2) is 3.71. The highest BCUT2D eigenvalue weighted by Crippen LogP contribution is 2.60. The van der Waals surface area contributed by atoms with Crippen molar-refractivity contribution in [3.63, 3.8) is 0 Å². The first-order valence-electron chi connectivity index (χ1n) is 6.50. The van der Waals surface area contributed by atoms with E-state index in [9.17, 15) is 9.90 Å². The molecule has 0 amide bonds. The summed E-state index contributed by atoms with van der Waals surface area (Å²) in [6, 6.07) is 8.33. The number of hydrogen-bond acceptors (Lipinski definition) is 1. The quantitative estimate of drug-likeness (QED) is 0.807.